The predicted octanol–water partition coefficient (Wildman–Crippen LogP) is 6.14. The maximum Gasteiger partial charge on any atom is 0.416 e. The third-order valence-corrected chi connectivity index (χ3v) is 6.33. The number of nitrogens with one attached hydrogen (secondary N) is 1. The molecule has 0 amide bonds. The third kappa shape index (κ3) is 4.49. The van der Waals surface area contributed by atoms with E-state index in [9.17, 15) is 13.2 Å². The summed E-state index contributed by atoms with van der Waals surface area (Å²) in [6.07, 6.45) is -2.64. The van der Waals surface area contributed by atoms with Gasteiger partial charge in [0.05, 0.1) is 23.3 Å². The Labute approximate surface area is 197 Å². The fourth-order valence-electron chi connectivity index (χ4n) is 4.64. The molecule has 8 heteroatoms. The van der Waals surface area contributed by atoms with E-state index in [1.165, 1.54) is 12.1 Å². The molecule has 174 valence electrons. The minimum atomic E-state index is -4.40. The summed E-state index contributed by atoms with van der Waals surface area (Å²) in [6, 6.07) is 13.0. The van der Waals surface area contributed by atoms with Crippen LogP contribution >= 0.6 is 12.2 Å². The molecule has 0 unspecified atom stereocenters. The Hall–Kier alpha value is -2.87. The molecular formula is C25H27F3N4S. The summed E-state index contributed by atoms with van der Waals surface area (Å²) in [7, 11) is 0. The SMILES string of the molecule is Cc1cc([C@@H]2[C@H](c3ccccn3)NC(=S)N2CC(C)C)c(C)n1-c1cccc(C(F)(F)F)c1. The number of aryl methyl sites for hydroxylation is 1. The van der Waals surface area contributed by atoms with Crippen LogP contribution in [0.5, 0.6) is 0 Å². The number of pyridine rings is 1. The van der Waals surface area contributed by atoms with Gasteiger partial charge in [0.2, 0.25) is 0 Å². The first-order valence-corrected chi connectivity index (χ1v) is 11.3. The Bertz CT molecular complexity index is 1150. The second-order valence-corrected chi connectivity index (χ2v) is 9.27. The number of hydrogen-bond acceptors (Lipinski definition) is 2. The molecule has 0 bridgehead atoms. The molecule has 3 heterocycles. The summed E-state index contributed by atoms with van der Waals surface area (Å²) < 4.78 is 41.9. The van der Waals surface area contributed by atoms with Gasteiger partial charge in [-0.3, -0.25) is 4.98 Å². The third-order valence-electron chi connectivity index (χ3n) is 5.98. The lowest BCUT2D eigenvalue weighted by Crippen LogP contribution is -2.33. The summed E-state index contributed by atoms with van der Waals surface area (Å²) in [5, 5.41) is 4.10. The Morgan fingerprint density at radius 1 is 1.09 bits per heavy atom. The topological polar surface area (TPSA) is 33.1 Å². The van der Waals surface area contributed by atoms with Gasteiger partial charge in [0.1, 0.15) is 0 Å². The molecule has 1 saturated heterocycles. The van der Waals surface area contributed by atoms with Gasteiger partial charge in [-0.2, -0.15) is 13.2 Å². The molecule has 33 heavy (non-hydrogen) atoms. The van der Waals surface area contributed by atoms with Gasteiger partial charge in [0.25, 0.3) is 0 Å². The quantitative estimate of drug-likeness (QED) is 0.453. The Kier molecular flexibility index (Phi) is 6.22. The van der Waals surface area contributed by atoms with E-state index in [0.717, 1.165) is 35.3 Å². The largest absolute Gasteiger partial charge is 0.416 e. The van der Waals surface area contributed by atoms with Crippen molar-refractivity contribution in [2.24, 2.45) is 5.92 Å². The van der Waals surface area contributed by atoms with E-state index in [4.69, 9.17) is 12.2 Å². The normalized spacial score (nSPS) is 18.8. The summed E-state index contributed by atoms with van der Waals surface area (Å²) in [4.78, 5) is 6.74. The molecule has 0 radical (unpaired) electrons. The van der Waals surface area contributed by atoms with Crippen molar-refractivity contribution < 1.29 is 13.2 Å². The Morgan fingerprint density at radius 3 is 2.48 bits per heavy atom. The van der Waals surface area contributed by atoms with E-state index >= 15 is 0 Å². The summed E-state index contributed by atoms with van der Waals surface area (Å²) >= 11 is 5.70. The molecule has 1 N–H and O–H groups in total. The van der Waals surface area contributed by atoms with Gasteiger partial charge in [-0.05, 0) is 73.9 Å². The second kappa shape index (κ2) is 8.82. The van der Waals surface area contributed by atoms with Crippen LogP contribution in [0, 0.1) is 19.8 Å². The molecule has 4 nitrogen and oxygen atoms in total. The van der Waals surface area contributed by atoms with Crippen LogP contribution in [0.3, 0.4) is 0 Å². The molecule has 4 rings (SSSR count). The fourth-order valence-corrected chi connectivity index (χ4v) is 4.95. The van der Waals surface area contributed by atoms with Crippen molar-refractivity contribution in [2.75, 3.05) is 6.54 Å². The van der Waals surface area contributed by atoms with Crippen molar-refractivity contribution in [3.63, 3.8) is 0 Å². The molecule has 1 aromatic carbocycles. The predicted molar refractivity (Wildman–Crippen MR) is 127 cm³/mol. The van der Waals surface area contributed by atoms with Crippen molar-refractivity contribution in [1.82, 2.24) is 19.8 Å². The van der Waals surface area contributed by atoms with Crippen molar-refractivity contribution in [3.8, 4) is 5.69 Å². The molecule has 3 aromatic rings. The lowest BCUT2D eigenvalue weighted by Gasteiger charge is -2.29. The number of thiocarbonyl (C=S) groups is 1. The number of rotatable bonds is 5. The highest BCUT2D eigenvalue weighted by atomic mass is 32.1. The number of hydrogen-bond donors (Lipinski definition) is 1. The number of halogens is 3. The molecule has 1 aliphatic heterocycles. The second-order valence-electron chi connectivity index (χ2n) is 8.88. The highest BCUT2D eigenvalue weighted by molar-refractivity contribution is 7.80. The number of nitrogens with zero attached hydrogens (tertiary/aromatic N) is 3. The van der Waals surface area contributed by atoms with Crippen LogP contribution in [0.25, 0.3) is 5.69 Å². The Morgan fingerprint density at radius 2 is 1.85 bits per heavy atom. The minimum Gasteiger partial charge on any atom is -0.352 e. The van der Waals surface area contributed by atoms with Gasteiger partial charge in [-0.15, -0.1) is 0 Å². The fraction of sp³-hybridized carbons (Fsp3) is 0.360. The lowest BCUT2D eigenvalue weighted by molar-refractivity contribution is -0.137. The van der Waals surface area contributed by atoms with Crippen LogP contribution in [0.4, 0.5) is 13.2 Å². The number of alkyl halides is 3. The molecule has 1 aliphatic rings. The van der Waals surface area contributed by atoms with Gasteiger partial charge in [0.15, 0.2) is 5.11 Å². The maximum absolute atomic E-state index is 13.3. The first kappa shape index (κ1) is 23.3. The number of aromatic nitrogens is 2. The average molecular weight is 473 g/mol. The molecule has 2 atom stereocenters. The van der Waals surface area contributed by atoms with Crippen LogP contribution < -0.4 is 5.32 Å². The highest BCUT2D eigenvalue weighted by Crippen LogP contribution is 2.42. The summed E-state index contributed by atoms with van der Waals surface area (Å²) in [5.74, 6) is 0.377. The zero-order chi connectivity index (χ0) is 23.9. The van der Waals surface area contributed by atoms with Crippen molar-refractivity contribution >= 4 is 17.3 Å². The molecule has 2 aromatic heterocycles. The standard InChI is InChI=1S/C25H27F3N4S/c1-15(2)14-31-23(22(30-24(31)33)21-10-5-6-11-29-21)20-12-16(3)32(17(20)4)19-9-7-8-18(13-19)25(26,27)28/h5-13,15,22-23H,14H2,1-4H3,(H,30,33)/t22-,23+/m0/s1. The van der Waals surface area contributed by atoms with E-state index in [-0.39, 0.29) is 12.1 Å². The van der Waals surface area contributed by atoms with Gasteiger partial charge in [-0.1, -0.05) is 26.0 Å². The van der Waals surface area contributed by atoms with Crippen molar-refractivity contribution in [2.45, 2.75) is 46.0 Å². The molecule has 0 saturated carbocycles. The zero-order valence-corrected chi connectivity index (χ0v) is 19.8. The first-order chi connectivity index (χ1) is 15.6. The molecule has 1 fully saturated rings. The van der Waals surface area contributed by atoms with Gasteiger partial charge >= 0.3 is 6.18 Å². The minimum absolute atomic E-state index is 0.124. The number of benzene rings is 1. The smallest absolute Gasteiger partial charge is 0.352 e. The van der Waals surface area contributed by atoms with Crippen molar-refractivity contribution in [3.05, 3.63) is 82.9 Å². The van der Waals surface area contributed by atoms with Gasteiger partial charge in [0, 0.05) is 29.8 Å². The summed E-state index contributed by atoms with van der Waals surface area (Å²) in [5.41, 5.74) is 3.48. The van der Waals surface area contributed by atoms with Crippen LogP contribution in [0.1, 0.15) is 54.1 Å². The first-order valence-electron chi connectivity index (χ1n) is 10.9. The van der Waals surface area contributed by atoms with E-state index < -0.39 is 11.7 Å². The Balaban J connectivity index is 1.83. The zero-order valence-electron chi connectivity index (χ0n) is 19.0. The van der Waals surface area contributed by atoms with E-state index in [1.807, 2.05) is 36.6 Å². The van der Waals surface area contributed by atoms with Gasteiger partial charge < -0.3 is 14.8 Å². The van der Waals surface area contributed by atoms with E-state index in [0.29, 0.717) is 16.7 Å². The van der Waals surface area contributed by atoms with E-state index in [2.05, 4.69) is 35.1 Å². The van der Waals surface area contributed by atoms with Crippen LogP contribution in [-0.4, -0.2) is 26.1 Å². The lowest BCUT2D eigenvalue weighted by atomic mass is 9.96. The highest BCUT2D eigenvalue weighted by Gasteiger charge is 2.41. The molecular weight excluding hydrogens is 445 g/mol. The van der Waals surface area contributed by atoms with Gasteiger partial charge in [-0.25, -0.2) is 0 Å². The molecule has 0 aliphatic carbocycles. The van der Waals surface area contributed by atoms with Crippen LogP contribution in [0.15, 0.2) is 54.7 Å². The van der Waals surface area contributed by atoms with Crippen LogP contribution in [0.2, 0.25) is 0 Å². The monoisotopic (exact) mass is 472 g/mol. The average Bonchev–Trinajstić information content (AvgIpc) is 3.23. The van der Waals surface area contributed by atoms with Crippen LogP contribution in [-0.2, 0) is 6.18 Å². The molecule has 0 spiro atoms. The van der Waals surface area contributed by atoms with E-state index in [1.54, 1.807) is 12.3 Å². The maximum atomic E-state index is 13.3. The van der Waals surface area contributed by atoms with Crippen molar-refractivity contribution in [1.29, 1.82) is 0 Å². The summed E-state index contributed by atoms with van der Waals surface area (Å²) in [6.45, 7) is 8.90.